The second-order valence-corrected chi connectivity index (χ2v) is 11.1. The zero-order valence-electron chi connectivity index (χ0n) is 21.2. The SMILES string of the molecule is Nc1nnc(-c2ccccc2O)cc1N1CC2CCC(C1)N2c1ccnc(C#CCN2CC3CC3(O)C2)c1. The number of hydrogen-bond donors (Lipinski definition) is 3. The average molecular weight is 510 g/mol. The van der Waals surface area contributed by atoms with Crippen LogP contribution in [0.3, 0.4) is 0 Å². The van der Waals surface area contributed by atoms with Gasteiger partial charge in [-0.2, -0.15) is 0 Å². The fourth-order valence-corrected chi connectivity index (χ4v) is 6.56. The smallest absolute Gasteiger partial charge is 0.169 e. The second kappa shape index (κ2) is 8.86. The highest BCUT2D eigenvalue weighted by atomic mass is 16.3. The third kappa shape index (κ3) is 4.10. The number of phenols is 1. The Labute approximate surface area is 221 Å². The Bertz CT molecular complexity index is 1440. The maximum Gasteiger partial charge on any atom is 0.169 e. The maximum atomic E-state index is 10.3. The number of aromatic nitrogens is 3. The summed E-state index contributed by atoms with van der Waals surface area (Å²) in [5.74, 6) is 7.51. The van der Waals surface area contributed by atoms with Crippen LogP contribution in [-0.4, -0.2) is 80.7 Å². The number of likely N-dealkylation sites (tertiary alicyclic amines) is 1. The number of piperazine rings is 1. The summed E-state index contributed by atoms with van der Waals surface area (Å²) in [6.07, 6.45) is 5.00. The Kier molecular flexibility index (Phi) is 5.42. The number of nitrogens with two attached hydrogens (primary N) is 1. The van der Waals surface area contributed by atoms with Gasteiger partial charge in [0.2, 0.25) is 0 Å². The number of rotatable bonds is 4. The number of pyridine rings is 1. The topological polar surface area (TPSA) is 115 Å². The van der Waals surface area contributed by atoms with Crippen molar-refractivity contribution in [3.63, 3.8) is 0 Å². The molecule has 0 radical (unpaired) electrons. The summed E-state index contributed by atoms with van der Waals surface area (Å²) in [7, 11) is 0. The number of piperidine rings is 1. The molecule has 0 amide bonds. The Morgan fingerprint density at radius 2 is 1.87 bits per heavy atom. The quantitative estimate of drug-likeness (QED) is 0.455. The lowest BCUT2D eigenvalue weighted by Crippen LogP contribution is -2.54. The number of nitrogens with zero attached hydrogens (tertiary/aromatic N) is 6. The summed E-state index contributed by atoms with van der Waals surface area (Å²) in [6, 6.07) is 14.0. The highest BCUT2D eigenvalue weighted by Gasteiger charge is 2.58. The second-order valence-electron chi connectivity index (χ2n) is 11.1. The minimum atomic E-state index is -0.441. The highest BCUT2D eigenvalue weighted by Crippen LogP contribution is 2.49. The van der Waals surface area contributed by atoms with Gasteiger partial charge in [0.05, 0.1) is 23.5 Å². The van der Waals surface area contributed by atoms with Crippen molar-refractivity contribution in [1.29, 1.82) is 0 Å². The lowest BCUT2D eigenvalue weighted by molar-refractivity contribution is 0.132. The van der Waals surface area contributed by atoms with Crippen molar-refractivity contribution in [1.82, 2.24) is 20.1 Å². The van der Waals surface area contributed by atoms with Gasteiger partial charge >= 0.3 is 0 Å². The molecule has 4 aliphatic rings. The number of anilines is 3. The molecular weight excluding hydrogens is 478 g/mol. The third-order valence-corrected chi connectivity index (χ3v) is 8.54. The molecule has 9 heteroatoms. The number of phenolic OH excluding ortho intramolecular Hbond substituents is 1. The zero-order chi connectivity index (χ0) is 25.9. The Balaban J connectivity index is 1.07. The molecule has 9 nitrogen and oxygen atoms in total. The molecule has 7 rings (SSSR count). The van der Waals surface area contributed by atoms with Gasteiger partial charge in [0, 0.05) is 61.6 Å². The van der Waals surface area contributed by atoms with E-state index < -0.39 is 5.60 Å². The number of hydrogen-bond acceptors (Lipinski definition) is 9. The molecule has 2 bridgehead atoms. The van der Waals surface area contributed by atoms with Crippen LogP contribution in [0.25, 0.3) is 11.3 Å². The van der Waals surface area contributed by atoms with Crippen LogP contribution in [0, 0.1) is 17.8 Å². The summed E-state index contributed by atoms with van der Waals surface area (Å²) in [6.45, 7) is 4.00. The predicted molar refractivity (Wildman–Crippen MR) is 146 cm³/mol. The van der Waals surface area contributed by atoms with Gasteiger partial charge in [0.15, 0.2) is 5.82 Å². The van der Waals surface area contributed by atoms with Gasteiger partial charge < -0.3 is 25.7 Å². The van der Waals surface area contributed by atoms with Crippen molar-refractivity contribution in [3.8, 4) is 28.8 Å². The van der Waals surface area contributed by atoms with E-state index in [1.165, 1.54) is 0 Å². The van der Waals surface area contributed by atoms with Crippen molar-refractivity contribution in [2.24, 2.45) is 5.92 Å². The summed E-state index contributed by atoms with van der Waals surface area (Å²) >= 11 is 0. The molecule has 4 N–H and O–H groups in total. The van der Waals surface area contributed by atoms with Crippen LogP contribution < -0.4 is 15.5 Å². The number of β-amino-alcohol motifs (C(OH)–C–C–N with tert-alkyl or cyclic N) is 1. The lowest BCUT2D eigenvalue weighted by Gasteiger charge is -2.43. The van der Waals surface area contributed by atoms with Gasteiger partial charge in [-0.3, -0.25) is 4.90 Å². The minimum absolute atomic E-state index is 0.174. The first-order valence-electron chi connectivity index (χ1n) is 13.3. The van der Waals surface area contributed by atoms with Crippen LogP contribution in [-0.2, 0) is 0 Å². The van der Waals surface area contributed by atoms with E-state index in [9.17, 15) is 10.2 Å². The Morgan fingerprint density at radius 3 is 2.63 bits per heavy atom. The third-order valence-electron chi connectivity index (χ3n) is 8.54. The first kappa shape index (κ1) is 23.3. The minimum Gasteiger partial charge on any atom is -0.507 e. The molecule has 1 saturated carbocycles. The molecule has 4 unspecified atom stereocenters. The van der Waals surface area contributed by atoms with Crippen molar-refractivity contribution >= 4 is 17.2 Å². The van der Waals surface area contributed by atoms with E-state index in [0.29, 0.717) is 41.6 Å². The fraction of sp³-hybridized carbons (Fsp3) is 0.414. The monoisotopic (exact) mass is 509 g/mol. The van der Waals surface area contributed by atoms with E-state index in [2.05, 4.69) is 53.9 Å². The van der Waals surface area contributed by atoms with Gasteiger partial charge in [0.25, 0.3) is 0 Å². The summed E-state index contributed by atoms with van der Waals surface area (Å²) < 4.78 is 0. The number of nitrogen functional groups attached to an aromatic ring is 1. The number of aliphatic hydroxyl groups is 1. The molecule has 4 fully saturated rings. The van der Waals surface area contributed by atoms with E-state index in [1.54, 1.807) is 12.1 Å². The van der Waals surface area contributed by atoms with Crippen molar-refractivity contribution in [2.75, 3.05) is 48.3 Å². The van der Waals surface area contributed by atoms with Crippen LogP contribution in [0.15, 0.2) is 48.7 Å². The van der Waals surface area contributed by atoms with E-state index >= 15 is 0 Å². The van der Waals surface area contributed by atoms with Crippen molar-refractivity contribution in [3.05, 3.63) is 54.4 Å². The van der Waals surface area contributed by atoms with Gasteiger partial charge in [-0.25, -0.2) is 4.98 Å². The molecule has 2 aromatic heterocycles. The molecule has 194 valence electrons. The summed E-state index contributed by atoms with van der Waals surface area (Å²) in [5, 5.41) is 29.0. The molecule has 3 saturated heterocycles. The summed E-state index contributed by atoms with van der Waals surface area (Å²) in [4.78, 5) is 11.5. The molecule has 0 spiro atoms. The molecule has 38 heavy (non-hydrogen) atoms. The number of para-hydroxylation sites is 1. The fourth-order valence-electron chi connectivity index (χ4n) is 6.56. The highest BCUT2D eigenvalue weighted by molar-refractivity contribution is 5.74. The van der Waals surface area contributed by atoms with Crippen LogP contribution in [0.5, 0.6) is 5.75 Å². The van der Waals surface area contributed by atoms with Gasteiger partial charge in [0.1, 0.15) is 11.4 Å². The van der Waals surface area contributed by atoms with Crippen molar-refractivity contribution < 1.29 is 10.2 Å². The zero-order valence-corrected chi connectivity index (χ0v) is 21.2. The standard InChI is InChI=1S/C29H31N7O2/c30-28-26(13-25(32-33-28)24-5-1-2-6-27(24)37)35-16-22-7-8-23(17-35)36(22)21-9-10-31-20(12-21)4-3-11-34-15-19-14-29(19,38)18-34/h1-2,5-6,9-10,12-13,19,22-23,37-38H,7-8,11,14-18H2,(H2,30,33). The first-order valence-corrected chi connectivity index (χ1v) is 13.3. The molecule has 3 aromatic rings. The van der Waals surface area contributed by atoms with Gasteiger partial charge in [-0.05, 0) is 55.5 Å². The molecular formula is C29H31N7O2. The largest absolute Gasteiger partial charge is 0.507 e. The van der Waals surface area contributed by atoms with Gasteiger partial charge in [-0.1, -0.05) is 18.1 Å². The number of aromatic hydroxyl groups is 1. The predicted octanol–water partition coefficient (Wildman–Crippen LogP) is 2.10. The average Bonchev–Trinajstić information content (AvgIpc) is 3.31. The van der Waals surface area contributed by atoms with E-state index in [4.69, 9.17) is 5.73 Å². The molecule has 1 aliphatic carbocycles. The van der Waals surface area contributed by atoms with Crippen LogP contribution in [0.1, 0.15) is 25.0 Å². The van der Waals surface area contributed by atoms with Crippen LogP contribution >= 0.6 is 0 Å². The summed E-state index contributed by atoms with van der Waals surface area (Å²) in [5.41, 5.74) is 9.90. The first-order chi connectivity index (χ1) is 18.5. The van der Waals surface area contributed by atoms with E-state index in [1.807, 2.05) is 24.4 Å². The molecule has 1 aromatic carbocycles. The van der Waals surface area contributed by atoms with Crippen LogP contribution in [0.2, 0.25) is 0 Å². The van der Waals surface area contributed by atoms with Crippen molar-refractivity contribution in [2.45, 2.75) is 36.9 Å². The van der Waals surface area contributed by atoms with E-state index in [0.717, 1.165) is 62.5 Å². The number of benzene rings is 1. The Morgan fingerprint density at radius 1 is 1.05 bits per heavy atom. The normalized spacial score (nSPS) is 27.7. The van der Waals surface area contributed by atoms with Crippen LogP contribution in [0.4, 0.5) is 17.2 Å². The number of fused-ring (bicyclic) bond motifs is 3. The lowest BCUT2D eigenvalue weighted by atomic mass is 10.1. The molecule has 3 aliphatic heterocycles. The Hall–Kier alpha value is -3.87. The molecule has 5 heterocycles. The maximum absolute atomic E-state index is 10.3. The van der Waals surface area contributed by atoms with Gasteiger partial charge in [-0.15, -0.1) is 10.2 Å². The molecule has 4 atom stereocenters. The van der Waals surface area contributed by atoms with E-state index in [-0.39, 0.29) is 5.75 Å².